The van der Waals surface area contributed by atoms with Crippen molar-refractivity contribution < 1.29 is 9.53 Å². The molecule has 0 unspecified atom stereocenters. The zero-order valence-electron chi connectivity index (χ0n) is 22.3. The lowest BCUT2D eigenvalue weighted by Crippen LogP contribution is -2.39. The molecule has 0 saturated carbocycles. The standard InChI is InChI=1S/C30H34N4O3/c1-7-34(30(36)32-26-22(18(2)3)13-9-14-23(26)19(4)5)27-25(20-11-8-12-21(17-20)37-6)24-15-10-16-31-28(24)33-29(27)35/h8-19H,7H2,1-6H3,(H,32,36)(H,31,33,35). The maximum atomic E-state index is 13.9. The van der Waals surface area contributed by atoms with Gasteiger partial charge in [0, 0.05) is 29.4 Å². The molecule has 0 atom stereocenters. The minimum atomic E-state index is -0.387. The minimum absolute atomic E-state index is 0.214. The van der Waals surface area contributed by atoms with Crippen LogP contribution in [0.5, 0.6) is 5.75 Å². The van der Waals surface area contributed by atoms with Gasteiger partial charge in [0.15, 0.2) is 0 Å². The van der Waals surface area contributed by atoms with E-state index in [1.54, 1.807) is 13.3 Å². The highest BCUT2D eigenvalue weighted by atomic mass is 16.5. The number of aromatic amines is 1. The third-order valence-electron chi connectivity index (χ3n) is 6.56. The Labute approximate surface area is 217 Å². The molecular weight excluding hydrogens is 464 g/mol. The van der Waals surface area contributed by atoms with Crippen LogP contribution in [0.1, 0.15) is 57.6 Å². The number of nitrogens with zero attached hydrogens (tertiary/aromatic N) is 2. The summed E-state index contributed by atoms with van der Waals surface area (Å²) in [7, 11) is 1.60. The number of aromatic nitrogens is 2. The number of nitrogens with one attached hydrogen (secondary N) is 2. The molecule has 192 valence electrons. The Hall–Kier alpha value is -4.13. The lowest BCUT2D eigenvalue weighted by atomic mass is 9.92. The van der Waals surface area contributed by atoms with Crippen molar-refractivity contribution in [2.75, 3.05) is 23.9 Å². The summed E-state index contributed by atoms with van der Waals surface area (Å²) in [6, 6.07) is 16.9. The maximum Gasteiger partial charge on any atom is 0.326 e. The number of fused-ring (bicyclic) bond motifs is 1. The van der Waals surface area contributed by atoms with E-state index in [9.17, 15) is 9.59 Å². The van der Waals surface area contributed by atoms with Gasteiger partial charge in [-0.1, -0.05) is 58.0 Å². The van der Waals surface area contributed by atoms with Gasteiger partial charge in [0.25, 0.3) is 5.56 Å². The summed E-state index contributed by atoms with van der Waals surface area (Å²) in [4.78, 5) is 36.2. The van der Waals surface area contributed by atoms with Crippen LogP contribution in [0.2, 0.25) is 0 Å². The number of urea groups is 1. The third kappa shape index (κ3) is 5.07. The van der Waals surface area contributed by atoms with E-state index in [2.05, 4.69) is 43.0 Å². The molecule has 0 aliphatic heterocycles. The first-order chi connectivity index (χ1) is 17.8. The van der Waals surface area contributed by atoms with E-state index < -0.39 is 0 Å². The normalized spacial score (nSPS) is 11.2. The van der Waals surface area contributed by atoms with Crippen molar-refractivity contribution in [3.63, 3.8) is 0 Å². The molecule has 2 N–H and O–H groups in total. The Bertz CT molecular complexity index is 1460. The predicted molar refractivity (Wildman–Crippen MR) is 151 cm³/mol. The molecule has 0 radical (unpaired) electrons. The highest BCUT2D eigenvalue weighted by molar-refractivity contribution is 6.09. The van der Waals surface area contributed by atoms with Crippen LogP contribution in [0, 0.1) is 0 Å². The fraction of sp³-hybridized carbons (Fsp3) is 0.300. The number of H-pyrrole nitrogens is 1. The highest BCUT2D eigenvalue weighted by Crippen LogP contribution is 2.37. The summed E-state index contributed by atoms with van der Waals surface area (Å²) in [6.07, 6.45) is 1.63. The SMILES string of the molecule is CCN(C(=O)Nc1c(C(C)C)cccc1C(C)C)c1c(-c2cccc(OC)c2)c2cccnc2[nH]c1=O. The monoisotopic (exact) mass is 498 g/mol. The zero-order chi connectivity index (χ0) is 26.7. The Balaban J connectivity index is 1.91. The van der Waals surface area contributed by atoms with Crippen LogP contribution in [-0.4, -0.2) is 29.7 Å². The van der Waals surface area contributed by atoms with E-state index in [0.717, 1.165) is 27.8 Å². The fourth-order valence-electron chi connectivity index (χ4n) is 4.72. The number of carbonyl (C=O) groups is 1. The topological polar surface area (TPSA) is 87.3 Å². The molecule has 7 nitrogen and oxygen atoms in total. The van der Waals surface area contributed by atoms with Gasteiger partial charge in [0.1, 0.15) is 17.1 Å². The van der Waals surface area contributed by atoms with Crippen LogP contribution in [0.4, 0.5) is 16.2 Å². The maximum absolute atomic E-state index is 13.9. The van der Waals surface area contributed by atoms with Gasteiger partial charge in [-0.25, -0.2) is 9.78 Å². The molecule has 0 bridgehead atoms. The quantitative estimate of drug-likeness (QED) is 0.290. The van der Waals surface area contributed by atoms with Crippen LogP contribution < -0.4 is 20.5 Å². The second-order valence-electron chi connectivity index (χ2n) is 9.60. The number of methoxy groups -OCH3 is 1. The van der Waals surface area contributed by atoms with Gasteiger partial charge in [0.2, 0.25) is 0 Å². The van der Waals surface area contributed by atoms with Gasteiger partial charge < -0.3 is 15.0 Å². The number of amides is 2. The predicted octanol–water partition coefficient (Wildman–Crippen LogP) is 6.90. The van der Waals surface area contributed by atoms with Crippen LogP contribution >= 0.6 is 0 Å². The van der Waals surface area contributed by atoms with Crippen LogP contribution in [-0.2, 0) is 0 Å². The van der Waals surface area contributed by atoms with E-state index in [0.29, 0.717) is 23.5 Å². The minimum Gasteiger partial charge on any atom is -0.497 e. The molecular formula is C30H34N4O3. The fourth-order valence-corrected chi connectivity index (χ4v) is 4.72. The van der Waals surface area contributed by atoms with Crippen LogP contribution in [0.25, 0.3) is 22.2 Å². The molecule has 0 saturated heterocycles. The van der Waals surface area contributed by atoms with Crippen molar-refractivity contribution in [1.29, 1.82) is 0 Å². The molecule has 2 aromatic heterocycles. The number of para-hydroxylation sites is 1. The molecule has 0 spiro atoms. The molecule has 7 heteroatoms. The first-order valence-electron chi connectivity index (χ1n) is 12.6. The van der Waals surface area contributed by atoms with Crippen molar-refractivity contribution in [1.82, 2.24) is 9.97 Å². The van der Waals surface area contributed by atoms with E-state index in [1.165, 1.54) is 4.90 Å². The number of anilines is 2. The van der Waals surface area contributed by atoms with Gasteiger partial charge in [-0.3, -0.25) is 9.69 Å². The van der Waals surface area contributed by atoms with E-state index >= 15 is 0 Å². The summed E-state index contributed by atoms with van der Waals surface area (Å²) in [5, 5.41) is 3.90. The molecule has 2 amide bonds. The Morgan fingerprint density at radius 3 is 2.32 bits per heavy atom. The lowest BCUT2D eigenvalue weighted by Gasteiger charge is -2.27. The van der Waals surface area contributed by atoms with Crippen molar-refractivity contribution in [3.05, 3.63) is 82.3 Å². The molecule has 4 aromatic rings. The van der Waals surface area contributed by atoms with E-state index in [4.69, 9.17) is 4.74 Å². The third-order valence-corrected chi connectivity index (χ3v) is 6.56. The second kappa shape index (κ2) is 10.9. The van der Waals surface area contributed by atoms with E-state index in [-0.39, 0.29) is 29.1 Å². The number of pyridine rings is 2. The van der Waals surface area contributed by atoms with Gasteiger partial charge >= 0.3 is 6.03 Å². The van der Waals surface area contributed by atoms with E-state index in [1.807, 2.05) is 61.5 Å². The molecule has 0 fully saturated rings. The number of ether oxygens (including phenoxy) is 1. The second-order valence-corrected chi connectivity index (χ2v) is 9.60. The molecule has 0 aliphatic carbocycles. The molecule has 2 aromatic carbocycles. The Morgan fingerprint density at radius 2 is 1.70 bits per heavy atom. The average molecular weight is 499 g/mol. The zero-order valence-corrected chi connectivity index (χ0v) is 22.3. The van der Waals surface area contributed by atoms with Crippen molar-refractivity contribution in [3.8, 4) is 16.9 Å². The van der Waals surface area contributed by atoms with Crippen molar-refractivity contribution in [2.24, 2.45) is 0 Å². The number of hydrogen-bond acceptors (Lipinski definition) is 4. The molecule has 2 heterocycles. The lowest BCUT2D eigenvalue weighted by molar-refractivity contribution is 0.257. The smallest absolute Gasteiger partial charge is 0.326 e. The van der Waals surface area contributed by atoms with Gasteiger partial charge in [0.05, 0.1) is 7.11 Å². The average Bonchev–Trinajstić information content (AvgIpc) is 2.89. The van der Waals surface area contributed by atoms with Gasteiger partial charge in [-0.15, -0.1) is 0 Å². The summed E-state index contributed by atoms with van der Waals surface area (Å²) >= 11 is 0. The van der Waals surface area contributed by atoms with Gasteiger partial charge in [-0.2, -0.15) is 0 Å². The number of benzene rings is 2. The summed E-state index contributed by atoms with van der Waals surface area (Å²) < 4.78 is 5.45. The van der Waals surface area contributed by atoms with Crippen molar-refractivity contribution >= 4 is 28.4 Å². The highest BCUT2D eigenvalue weighted by Gasteiger charge is 2.26. The molecule has 37 heavy (non-hydrogen) atoms. The van der Waals surface area contributed by atoms with Crippen LogP contribution in [0.15, 0.2) is 65.6 Å². The summed E-state index contributed by atoms with van der Waals surface area (Å²) in [5.41, 5.74) is 4.64. The van der Waals surface area contributed by atoms with Crippen molar-refractivity contribution in [2.45, 2.75) is 46.5 Å². The first-order valence-corrected chi connectivity index (χ1v) is 12.6. The van der Waals surface area contributed by atoms with Gasteiger partial charge in [-0.05, 0) is 59.7 Å². The largest absolute Gasteiger partial charge is 0.497 e. The number of hydrogen-bond donors (Lipinski definition) is 2. The Kier molecular flexibility index (Phi) is 7.62. The number of carbonyl (C=O) groups excluding carboxylic acids is 1. The first kappa shape index (κ1) is 25.9. The summed E-state index contributed by atoms with van der Waals surface area (Å²) in [5.74, 6) is 1.08. The number of rotatable bonds is 7. The van der Waals surface area contributed by atoms with Crippen LogP contribution in [0.3, 0.4) is 0 Å². The Morgan fingerprint density at radius 1 is 1.03 bits per heavy atom. The molecule has 4 rings (SSSR count). The summed E-state index contributed by atoms with van der Waals surface area (Å²) in [6.45, 7) is 10.6. The molecule has 0 aliphatic rings.